The molecule has 1 aromatic heterocycles. The number of ether oxygens (including phenoxy) is 1. The predicted octanol–water partition coefficient (Wildman–Crippen LogP) is 3.87. The average Bonchev–Trinajstić information content (AvgIpc) is 3.31. The van der Waals surface area contributed by atoms with Crippen LogP contribution in [0.2, 0.25) is 0 Å². The molecule has 2 heterocycles. The van der Waals surface area contributed by atoms with Crippen LogP contribution in [0.5, 0.6) is 0 Å². The molecule has 0 spiro atoms. The van der Waals surface area contributed by atoms with Gasteiger partial charge in [0.1, 0.15) is 11.9 Å². The number of rotatable bonds is 5. The van der Waals surface area contributed by atoms with Crippen molar-refractivity contribution in [1.29, 1.82) is 0 Å². The number of hydrogen-bond donors (Lipinski definition) is 1. The maximum Gasteiger partial charge on any atom is 0.248 e. The van der Waals surface area contributed by atoms with E-state index in [0.29, 0.717) is 36.3 Å². The second-order valence-electron chi connectivity index (χ2n) is 7.46. The highest BCUT2D eigenvalue weighted by Gasteiger charge is 2.29. The summed E-state index contributed by atoms with van der Waals surface area (Å²) in [6.45, 7) is 7.34. The molecule has 2 aromatic rings. The number of benzene rings is 1. The second-order valence-corrected chi connectivity index (χ2v) is 7.46. The van der Waals surface area contributed by atoms with E-state index < -0.39 is 0 Å². The average molecular weight is 360 g/mol. The zero-order valence-corrected chi connectivity index (χ0v) is 15.4. The van der Waals surface area contributed by atoms with E-state index in [-0.39, 0.29) is 24.1 Å². The van der Waals surface area contributed by atoms with Crippen LogP contribution >= 0.6 is 0 Å². The Morgan fingerprint density at radius 1 is 1.23 bits per heavy atom. The van der Waals surface area contributed by atoms with E-state index >= 15 is 0 Å². The first kappa shape index (κ1) is 17.3. The lowest BCUT2D eigenvalue weighted by molar-refractivity contribution is -0.00539. The molecule has 7 heteroatoms. The molecule has 1 aromatic carbocycles. The Labute approximate surface area is 152 Å². The quantitative estimate of drug-likeness (QED) is 0.873. The van der Waals surface area contributed by atoms with Crippen LogP contribution in [0.3, 0.4) is 0 Å². The summed E-state index contributed by atoms with van der Waals surface area (Å²) in [6.07, 6.45) is 2.45. The van der Waals surface area contributed by atoms with Gasteiger partial charge in [0.2, 0.25) is 5.89 Å². The van der Waals surface area contributed by atoms with E-state index in [9.17, 15) is 4.39 Å². The molecule has 1 aliphatic heterocycles. The van der Waals surface area contributed by atoms with Crippen LogP contribution in [-0.4, -0.2) is 35.4 Å². The van der Waals surface area contributed by atoms with Crippen LogP contribution < -0.4 is 10.2 Å². The molecule has 2 fully saturated rings. The zero-order chi connectivity index (χ0) is 18.3. The number of nitrogens with zero attached hydrogens (tertiary/aromatic N) is 3. The number of anilines is 2. The topological polar surface area (TPSA) is 63.4 Å². The van der Waals surface area contributed by atoms with Gasteiger partial charge in [-0.3, -0.25) is 0 Å². The van der Waals surface area contributed by atoms with E-state index in [0.717, 1.165) is 18.7 Å². The van der Waals surface area contributed by atoms with Crippen molar-refractivity contribution >= 4 is 11.4 Å². The van der Waals surface area contributed by atoms with Crippen molar-refractivity contribution in [3.05, 3.63) is 35.7 Å². The molecule has 2 aliphatic rings. The summed E-state index contributed by atoms with van der Waals surface area (Å²) in [6, 6.07) is 5.05. The second kappa shape index (κ2) is 6.87. The van der Waals surface area contributed by atoms with E-state index in [1.165, 1.54) is 6.07 Å². The molecule has 0 radical (unpaired) electrons. The molecule has 3 unspecified atom stereocenters. The SMILES string of the molecule is CC1CN(c2ccc(NC(C)c3nc(C4CC4)no3)cc2F)CC(C)O1. The summed E-state index contributed by atoms with van der Waals surface area (Å²) in [7, 11) is 0. The van der Waals surface area contributed by atoms with E-state index in [4.69, 9.17) is 9.26 Å². The van der Waals surface area contributed by atoms with Crippen molar-refractivity contribution in [2.75, 3.05) is 23.3 Å². The van der Waals surface area contributed by atoms with Crippen molar-refractivity contribution in [3.8, 4) is 0 Å². The normalized spacial score (nSPS) is 24.5. The van der Waals surface area contributed by atoms with Crippen LogP contribution in [0.4, 0.5) is 15.8 Å². The van der Waals surface area contributed by atoms with Crippen LogP contribution in [0.15, 0.2) is 22.7 Å². The van der Waals surface area contributed by atoms with E-state index in [1.807, 2.05) is 37.8 Å². The highest BCUT2D eigenvalue weighted by Crippen LogP contribution is 2.38. The van der Waals surface area contributed by atoms with Crippen LogP contribution in [-0.2, 0) is 4.74 Å². The van der Waals surface area contributed by atoms with E-state index in [2.05, 4.69) is 15.5 Å². The highest BCUT2D eigenvalue weighted by atomic mass is 19.1. The van der Waals surface area contributed by atoms with Crippen LogP contribution in [0, 0.1) is 5.82 Å². The predicted molar refractivity (Wildman–Crippen MR) is 96.9 cm³/mol. The molecule has 140 valence electrons. The minimum atomic E-state index is -0.243. The molecule has 6 nitrogen and oxygen atoms in total. The molecule has 1 N–H and O–H groups in total. The van der Waals surface area contributed by atoms with Gasteiger partial charge < -0.3 is 19.5 Å². The maximum atomic E-state index is 14.7. The number of hydrogen-bond acceptors (Lipinski definition) is 6. The monoisotopic (exact) mass is 360 g/mol. The van der Waals surface area contributed by atoms with Crippen molar-refractivity contribution in [2.24, 2.45) is 0 Å². The molecule has 0 bridgehead atoms. The smallest absolute Gasteiger partial charge is 0.248 e. The molecule has 0 amide bonds. The fourth-order valence-electron chi connectivity index (χ4n) is 3.47. The van der Waals surface area contributed by atoms with E-state index in [1.54, 1.807) is 0 Å². The first-order chi connectivity index (χ1) is 12.5. The Morgan fingerprint density at radius 2 is 1.96 bits per heavy atom. The number of morpholine rings is 1. The molecule has 1 aliphatic carbocycles. The summed E-state index contributed by atoms with van der Waals surface area (Å²) in [4.78, 5) is 6.49. The summed E-state index contributed by atoms with van der Waals surface area (Å²) >= 11 is 0. The Morgan fingerprint density at radius 3 is 2.62 bits per heavy atom. The highest BCUT2D eigenvalue weighted by molar-refractivity contribution is 5.57. The molecule has 1 saturated carbocycles. The first-order valence-electron chi connectivity index (χ1n) is 9.29. The van der Waals surface area contributed by atoms with Gasteiger partial charge in [-0.15, -0.1) is 0 Å². The van der Waals surface area contributed by atoms with Crippen molar-refractivity contribution in [1.82, 2.24) is 10.1 Å². The summed E-state index contributed by atoms with van der Waals surface area (Å²) in [5.41, 5.74) is 1.30. The zero-order valence-electron chi connectivity index (χ0n) is 15.4. The van der Waals surface area contributed by atoms with Gasteiger partial charge >= 0.3 is 0 Å². The largest absolute Gasteiger partial charge is 0.374 e. The molecular weight excluding hydrogens is 335 g/mol. The lowest BCUT2D eigenvalue weighted by atomic mass is 10.1. The van der Waals surface area contributed by atoms with Gasteiger partial charge in [0, 0.05) is 24.7 Å². The number of aromatic nitrogens is 2. The van der Waals surface area contributed by atoms with Crippen LogP contribution in [0.1, 0.15) is 57.3 Å². The fraction of sp³-hybridized carbons (Fsp3) is 0.579. The van der Waals surface area contributed by atoms with Gasteiger partial charge in [0.25, 0.3) is 0 Å². The Hall–Kier alpha value is -2.15. The van der Waals surface area contributed by atoms with Gasteiger partial charge in [-0.1, -0.05) is 5.16 Å². The third-order valence-electron chi connectivity index (χ3n) is 4.86. The van der Waals surface area contributed by atoms with Gasteiger partial charge in [-0.05, 0) is 51.8 Å². The van der Waals surface area contributed by atoms with Crippen molar-refractivity contribution in [3.63, 3.8) is 0 Å². The van der Waals surface area contributed by atoms with Crippen LogP contribution in [0.25, 0.3) is 0 Å². The molecule has 1 saturated heterocycles. The molecule has 3 atom stereocenters. The molecule has 26 heavy (non-hydrogen) atoms. The molecule has 4 rings (SSSR count). The number of nitrogens with one attached hydrogen (secondary N) is 1. The van der Waals surface area contributed by atoms with Gasteiger partial charge in [0.15, 0.2) is 5.82 Å². The summed E-state index contributed by atoms with van der Waals surface area (Å²) < 4.78 is 25.7. The fourth-order valence-corrected chi connectivity index (χ4v) is 3.47. The molecular formula is C19H25FN4O2. The minimum Gasteiger partial charge on any atom is -0.374 e. The van der Waals surface area contributed by atoms with Gasteiger partial charge in [0.05, 0.1) is 17.9 Å². The summed E-state index contributed by atoms with van der Waals surface area (Å²) in [5, 5.41) is 7.27. The number of halogens is 1. The lowest BCUT2D eigenvalue weighted by Crippen LogP contribution is -2.45. The van der Waals surface area contributed by atoms with Gasteiger partial charge in [-0.25, -0.2) is 4.39 Å². The van der Waals surface area contributed by atoms with Crippen molar-refractivity contribution < 1.29 is 13.7 Å². The minimum absolute atomic E-state index is 0.0918. The Kier molecular flexibility index (Phi) is 4.56. The third-order valence-corrected chi connectivity index (χ3v) is 4.86. The van der Waals surface area contributed by atoms with Crippen molar-refractivity contribution in [2.45, 2.75) is 57.8 Å². The third kappa shape index (κ3) is 3.67. The summed E-state index contributed by atoms with van der Waals surface area (Å²) in [5.74, 6) is 1.53. The van der Waals surface area contributed by atoms with Gasteiger partial charge in [-0.2, -0.15) is 4.98 Å². The Balaban J connectivity index is 1.44. The lowest BCUT2D eigenvalue weighted by Gasteiger charge is -2.37. The Bertz CT molecular complexity index is 767. The standard InChI is InChI=1S/C19H25FN4O2/c1-11-9-24(10-12(2)25-11)17-7-6-15(8-16(17)20)21-13(3)19-22-18(23-26-19)14-4-5-14/h6-8,11-14,21H,4-5,9-10H2,1-3H3. The maximum absolute atomic E-state index is 14.7. The first-order valence-corrected chi connectivity index (χ1v) is 9.29.